The van der Waals surface area contributed by atoms with E-state index in [1.54, 1.807) is 18.6 Å². The molecule has 27 rings (SSSR count). The molecule has 0 saturated heterocycles. The molecule has 0 aliphatic heterocycles. The fraction of sp³-hybridized carbons (Fsp3) is 0.109. The lowest BCUT2D eigenvalue weighted by atomic mass is 9.63. The van der Waals surface area contributed by atoms with Crippen LogP contribution in [-0.4, -0.2) is 59.8 Å². The molecule has 2 unspecified atom stereocenters. The average Bonchev–Trinajstić information content (AvgIpc) is 1.54. The number of hydrogen-bond acceptors (Lipinski definition) is 15. The molecule has 143 heavy (non-hydrogen) atoms. The van der Waals surface area contributed by atoms with E-state index in [1.807, 2.05) is 158 Å². The molecule has 9 heterocycles. The number of benzene rings is 15. The maximum atomic E-state index is 6.56. The van der Waals surface area contributed by atoms with E-state index < -0.39 is 0 Å². The van der Waals surface area contributed by atoms with Crippen molar-refractivity contribution in [1.82, 2.24) is 59.8 Å². The van der Waals surface area contributed by atoms with Crippen LogP contribution < -0.4 is 0 Å². The third kappa shape index (κ3) is 14.8. The van der Waals surface area contributed by atoms with E-state index in [4.69, 9.17) is 58.1 Å². The van der Waals surface area contributed by atoms with Crippen LogP contribution in [0.5, 0.6) is 0 Å². The fourth-order valence-corrected chi connectivity index (χ4v) is 22.4. The van der Waals surface area contributed by atoms with Crippen molar-refractivity contribution in [2.24, 2.45) is 17.8 Å². The maximum Gasteiger partial charge on any atom is 0.182 e. The smallest absolute Gasteiger partial charge is 0.182 e. The van der Waals surface area contributed by atoms with Crippen LogP contribution in [0, 0.1) is 17.8 Å². The Labute approximate surface area is 827 Å². The summed E-state index contributed by atoms with van der Waals surface area (Å²) in [5.74, 6) is 6.58. The van der Waals surface area contributed by atoms with Gasteiger partial charge >= 0.3 is 0 Å². The summed E-state index contributed by atoms with van der Waals surface area (Å²) in [5.41, 5.74) is 34.2. The van der Waals surface area contributed by atoms with Gasteiger partial charge in [-0.25, -0.2) is 44.9 Å². The zero-order chi connectivity index (χ0) is 96.4. The summed E-state index contributed by atoms with van der Waals surface area (Å²) in [6.07, 6.45) is 5.27. The second-order valence-corrected chi connectivity index (χ2v) is 38.6. The lowest BCUT2D eigenvalue weighted by Crippen LogP contribution is -2.37. The van der Waals surface area contributed by atoms with Gasteiger partial charge in [0, 0.05) is 101 Å². The summed E-state index contributed by atoms with van der Waals surface area (Å²) in [6.45, 7) is 18.7. The Kier molecular flexibility index (Phi) is 21.2. The lowest BCUT2D eigenvalue weighted by Gasteiger charge is -2.40. The highest BCUT2D eigenvalue weighted by atomic mass is 16.3. The molecule has 0 spiro atoms. The van der Waals surface area contributed by atoms with Crippen LogP contribution in [0.15, 0.2) is 420 Å². The molecular weight excluding hydrogens is 1750 g/mol. The molecule has 0 radical (unpaired) electrons. The minimum atomic E-state index is -0.272. The molecule has 0 saturated carbocycles. The highest BCUT2D eigenvalue weighted by Crippen LogP contribution is 2.60. The number of fused-ring (bicyclic) bond motifs is 18. The molecule has 3 aliphatic rings. The van der Waals surface area contributed by atoms with E-state index in [2.05, 4.69) is 301 Å². The van der Waals surface area contributed by atoms with Crippen molar-refractivity contribution in [2.75, 3.05) is 0 Å². The Morgan fingerprint density at radius 3 is 0.881 bits per heavy atom. The Bertz CT molecular complexity index is 8890. The zero-order valence-electron chi connectivity index (χ0n) is 80.0. The fourth-order valence-electron chi connectivity index (χ4n) is 22.4. The second kappa shape index (κ2) is 35.0. The van der Waals surface area contributed by atoms with Crippen molar-refractivity contribution in [3.8, 4) is 159 Å². The van der Waals surface area contributed by atoms with Crippen LogP contribution >= 0.6 is 0 Å². The maximum absolute atomic E-state index is 6.56. The number of nitrogens with zero attached hydrogens (tertiary/aromatic N) is 12. The van der Waals surface area contributed by atoms with Gasteiger partial charge < -0.3 is 13.3 Å². The molecule has 15 aromatic carbocycles. The van der Waals surface area contributed by atoms with Gasteiger partial charge in [-0.1, -0.05) is 321 Å². The van der Waals surface area contributed by atoms with Crippen LogP contribution in [-0.2, 0) is 16.2 Å². The first-order chi connectivity index (χ1) is 70.0. The number of hydrogen-bond donors (Lipinski definition) is 0. The Hall–Kier alpha value is -17.8. The Morgan fingerprint density at radius 1 is 0.196 bits per heavy atom. The molecule has 2 atom stereocenters. The number of pyridine rings is 3. The standard InChI is InChI=1S/C46H30N4O.C45H36N4O.C37H28N4O/c1-46(33-14-6-3-7-15-33)38-17-9-8-16-34(38)35-27-37-36-26-32(23-24-41(36)51-42(37)28-39(35)46)29-19-21-31(22-20-29)44-48-43(30-12-4-2-5-13-30)49-45(50-44)40-18-10-11-25-47-40;1-27(2)45(28(3)4)37-15-9-8-14-33(37)34-25-36-35-24-32(21-22-40(35)50-41(36)26-38(34)45)29-17-19-31(20-18-29)43-47-42(30-12-6-5-7-13-30)48-44(49-43)39-16-10-11-23-46-39;1-22(2)37(3)29-14-8-7-13-25(29)26-20-28-27-19-24(16-17-32(27)42-33(28)21-30(26)37)35-39-34(23-11-5-4-6-12-23)40-36(41-35)31-15-9-10-18-38-31/h2-28H,1H3;5-28H,1-4H3;4-22H,1-3H3. The first kappa shape index (κ1) is 86.7. The monoisotopic (exact) mass is 1850 g/mol. The predicted octanol–water partition coefficient (Wildman–Crippen LogP) is 31.7. The van der Waals surface area contributed by atoms with E-state index in [-0.39, 0.29) is 16.2 Å². The zero-order valence-corrected chi connectivity index (χ0v) is 80.0. The van der Waals surface area contributed by atoms with Gasteiger partial charge in [0.05, 0.1) is 0 Å². The number of rotatable bonds is 15. The predicted molar refractivity (Wildman–Crippen MR) is 575 cm³/mol. The van der Waals surface area contributed by atoms with Crippen LogP contribution in [0.3, 0.4) is 0 Å². The molecule has 0 amide bonds. The highest BCUT2D eigenvalue weighted by Gasteiger charge is 2.49. The molecule has 0 N–H and O–H groups in total. The summed E-state index contributed by atoms with van der Waals surface area (Å²) in [7, 11) is 0. The Balaban J connectivity index is 0.000000113. The van der Waals surface area contributed by atoms with Crippen molar-refractivity contribution >= 4 is 65.8 Å². The molecule has 15 nitrogen and oxygen atoms in total. The minimum absolute atomic E-state index is 0.0647. The van der Waals surface area contributed by atoms with Crippen LogP contribution in [0.2, 0.25) is 0 Å². The van der Waals surface area contributed by atoms with Gasteiger partial charge in [-0.3, -0.25) is 15.0 Å². The van der Waals surface area contributed by atoms with Gasteiger partial charge in [0.25, 0.3) is 0 Å². The van der Waals surface area contributed by atoms with Gasteiger partial charge in [0.15, 0.2) is 52.4 Å². The second-order valence-electron chi connectivity index (χ2n) is 38.6. The third-order valence-corrected chi connectivity index (χ3v) is 29.8. The average molecular weight is 1850 g/mol. The van der Waals surface area contributed by atoms with E-state index in [0.29, 0.717) is 87.3 Å². The molecule has 0 bridgehead atoms. The largest absolute Gasteiger partial charge is 0.456 e. The molecule has 3 aliphatic carbocycles. The number of furan rings is 3. The molecule has 24 aromatic rings. The first-order valence-corrected chi connectivity index (χ1v) is 48.8. The van der Waals surface area contributed by atoms with E-state index in [0.717, 1.165) is 121 Å². The van der Waals surface area contributed by atoms with Gasteiger partial charge in [0.2, 0.25) is 0 Å². The summed E-state index contributed by atoms with van der Waals surface area (Å²) < 4.78 is 19.6. The summed E-state index contributed by atoms with van der Waals surface area (Å²) in [6, 6.07) is 134. The lowest BCUT2D eigenvalue weighted by molar-refractivity contribution is 0.280. The normalized spacial score (nSPS) is 14.6. The van der Waals surface area contributed by atoms with Gasteiger partial charge in [-0.15, -0.1) is 0 Å². The van der Waals surface area contributed by atoms with Crippen molar-refractivity contribution in [1.29, 1.82) is 0 Å². The first-order valence-electron chi connectivity index (χ1n) is 48.8. The third-order valence-electron chi connectivity index (χ3n) is 29.8. The van der Waals surface area contributed by atoms with Crippen molar-refractivity contribution in [3.63, 3.8) is 0 Å². The summed E-state index contributed by atoms with van der Waals surface area (Å²) in [5, 5.41) is 6.63. The molecule has 684 valence electrons. The minimum Gasteiger partial charge on any atom is -0.456 e. The molecule has 15 heteroatoms. The summed E-state index contributed by atoms with van der Waals surface area (Å²) >= 11 is 0. The molecular formula is C128H94N12O3. The van der Waals surface area contributed by atoms with Crippen LogP contribution in [0.25, 0.3) is 224 Å². The molecule has 9 aromatic heterocycles. The van der Waals surface area contributed by atoms with Crippen molar-refractivity contribution in [3.05, 3.63) is 446 Å². The van der Waals surface area contributed by atoms with E-state index in [1.165, 1.54) is 72.3 Å². The van der Waals surface area contributed by atoms with Crippen LogP contribution in [0.4, 0.5) is 0 Å². The van der Waals surface area contributed by atoms with Gasteiger partial charge in [-0.2, -0.15) is 0 Å². The summed E-state index contributed by atoms with van der Waals surface area (Å²) in [4.78, 5) is 57.1. The van der Waals surface area contributed by atoms with Gasteiger partial charge in [-0.05, 0) is 235 Å². The van der Waals surface area contributed by atoms with Gasteiger partial charge in [0.1, 0.15) is 50.6 Å². The quantitative estimate of drug-likeness (QED) is 0.0940. The number of aromatic nitrogens is 12. The van der Waals surface area contributed by atoms with Crippen molar-refractivity contribution < 1.29 is 13.3 Å². The SMILES string of the molecule is CC(C)C1(C(C)C)c2ccccc2-c2cc3c(cc21)oc1ccc(-c2ccc(-c4nc(-c5ccccc5)nc(-c5ccccn5)n4)cc2)cc13.CC(C)C1(C)c2ccccc2-c2cc3c(cc21)oc1ccc(-c2nc(-c4ccccc4)nc(-c4ccccn4)n2)cc13.CC1(c2ccccc2)c2ccccc2-c2cc3c(cc21)oc1ccc(-c2ccc(-c4nc(-c5ccccc5)nc(-c5ccccn5)n4)cc2)cc13. The van der Waals surface area contributed by atoms with Crippen LogP contribution in [0.1, 0.15) is 94.3 Å². The topological polar surface area (TPSA) is 194 Å². The van der Waals surface area contributed by atoms with E-state index >= 15 is 0 Å². The Morgan fingerprint density at radius 2 is 0.483 bits per heavy atom. The highest BCUT2D eigenvalue weighted by molar-refractivity contribution is 6.12. The van der Waals surface area contributed by atoms with Crippen molar-refractivity contribution in [2.45, 2.75) is 71.6 Å². The molecule has 0 fully saturated rings. The van der Waals surface area contributed by atoms with E-state index in [9.17, 15) is 0 Å².